The van der Waals surface area contributed by atoms with Crippen molar-refractivity contribution in [2.45, 2.75) is 11.8 Å². The van der Waals surface area contributed by atoms with E-state index in [9.17, 15) is 8.42 Å². The summed E-state index contributed by atoms with van der Waals surface area (Å²) in [5.74, 6) is 0.322. The highest BCUT2D eigenvalue weighted by atomic mass is 32.2. The van der Waals surface area contributed by atoms with E-state index >= 15 is 0 Å². The zero-order valence-corrected chi connectivity index (χ0v) is 12.3. The molecule has 5 heteroatoms. The number of aromatic nitrogens is 1. The summed E-state index contributed by atoms with van der Waals surface area (Å²) in [4.78, 5) is 4.43. The molecule has 0 aliphatic heterocycles. The molecule has 4 nitrogen and oxygen atoms in total. The molecule has 2 aromatic carbocycles. The van der Waals surface area contributed by atoms with E-state index in [1.54, 1.807) is 30.3 Å². The van der Waals surface area contributed by atoms with Gasteiger partial charge in [0.1, 0.15) is 5.82 Å². The first-order valence-corrected chi connectivity index (χ1v) is 7.99. The smallest absolute Gasteiger partial charge is 0.263 e. The summed E-state index contributed by atoms with van der Waals surface area (Å²) in [6.45, 7) is 1.82. The van der Waals surface area contributed by atoms with Crippen LogP contribution in [0, 0.1) is 6.92 Å². The zero-order chi connectivity index (χ0) is 14.9. The predicted octanol–water partition coefficient (Wildman–Crippen LogP) is 3.34. The summed E-state index contributed by atoms with van der Waals surface area (Å²) in [7, 11) is -3.67. The second-order valence-corrected chi connectivity index (χ2v) is 6.40. The Morgan fingerprint density at radius 3 is 2.43 bits per heavy atom. The zero-order valence-electron chi connectivity index (χ0n) is 11.4. The number of hydrogen-bond donors (Lipinski definition) is 1. The van der Waals surface area contributed by atoms with Gasteiger partial charge in [-0.05, 0) is 30.5 Å². The molecule has 1 aromatic heterocycles. The summed E-state index contributed by atoms with van der Waals surface area (Å²) in [5, 5.41) is 1.58. The minimum atomic E-state index is -3.67. The van der Waals surface area contributed by atoms with E-state index in [4.69, 9.17) is 0 Å². The maximum absolute atomic E-state index is 12.6. The molecule has 0 radical (unpaired) electrons. The monoisotopic (exact) mass is 298 g/mol. The highest BCUT2D eigenvalue weighted by Crippen LogP contribution is 2.24. The molecular formula is C16H14N2O2S. The third kappa shape index (κ3) is 2.73. The van der Waals surface area contributed by atoms with E-state index in [1.807, 2.05) is 37.3 Å². The van der Waals surface area contributed by atoms with Gasteiger partial charge in [-0.1, -0.05) is 42.5 Å². The van der Waals surface area contributed by atoms with E-state index in [0.29, 0.717) is 11.2 Å². The molecule has 1 heterocycles. The first kappa shape index (κ1) is 13.6. The van der Waals surface area contributed by atoms with Crippen LogP contribution in [0.1, 0.15) is 5.69 Å². The van der Waals surface area contributed by atoms with Gasteiger partial charge in [0, 0.05) is 11.1 Å². The predicted molar refractivity (Wildman–Crippen MR) is 83.7 cm³/mol. The Kier molecular flexibility index (Phi) is 3.35. The highest BCUT2D eigenvalue weighted by molar-refractivity contribution is 7.93. The Labute approximate surface area is 123 Å². The second-order valence-electron chi connectivity index (χ2n) is 4.75. The normalized spacial score (nSPS) is 11.5. The number of benzene rings is 2. The van der Waals surface area contributed by atoms with E-state index in [-0.39, 0.29) is 4.90 Å². The van der Waals surface area contributed by atoms with E-state index in [0.717, 1.165) is 11.1 Å². The van der Waals surface area contributed by atoms with Crippen LogP contribution < -0.4 is 4.72 Å². The summed E-state index contributed by atoms with van der Waals surface area (Å²) >= 11 is 0. The van der Waals surface area contributed by atoms with Gasteiger partial charge in [0.2, 0.25) is 0 Å². The summed E-state index contributed by atoms with van der Waals surface area (Å²) in [6, 6.07) is 17.8. The van der Waals surface area contributed by atoms with Crippen LogP contribution in [0.15, 0.2) is 65.6 Å². The number of nitrogens with one attached hydrogen (secondary N) is 1. The number of hydrogen-bond acceptors (Lipinski definition) is 3. The van der Waals surface area contributed by atoms with E-state index < -0.39 is 10.0 Å². The van der Waals surface area contributed by atoms with Crippen LogP contribution in [0.5, 0.6) is 0 Å². The Morgan fingerprint density at radius 1 is 0.905 bits per heavy atom. The molecule has 0 fully saturated rings. The van der Waals surface area contributed by atoms with Crippen molar-refractivity contribution in [2.24, 2.45) is 0 Å². The van der Waals surface area contributed by atoms with Gasteiger partial charge in [-0.2, -0.15) is 0 Å². The lowest BCUT2D eigenvalue weighted by Gasteiger charge is -2.10. The second kappa shape index (κ2) is 5.18. The molecule has 0 spiro atoms. The van der Waals surface area contributed by atoms with Crippen molar-refractivity contribution in [3.63, 3.8) is 0 Å². The largest absolute Gasteiger partial charge is 0.263 e. The fourth-order valence-corrected chi connectivity index (χ4v) is 3.45. The molecule has 0 atom stereocenters. The molecule has 21 heavy (non-hydrogen) atoms. The lowest BCUT2D eigenvalue weighted by atomic mass is 10.1. The van der Waals surface area contributed by atoms with Crippen molar-refractivity contribution in [3.8, 4) is 0 Å². The maximum Gasteiger partial charge on any atom is 0.263 e. The molecular weight excluding hydrogens is 284 g/mol. The minimum Gasteiger partial charge on any atom is -0.263 e. The van der Waals surface area contributed by atoms with Gasteiger partial charge in [0.05, 0.1) is 4.90 Å². The maximum atomic E-state index is 12.6. The van der Waals surface area contributed by atoms with E-state index in [1.165, 1.54) is 0 Å². The van der Waals surface area contributed by atoms with Crippen LogP contribution in [-0.2, 0) is 10.0 Å². The van der Waals surface area contributed by atoms with Gasteiger partial charge in [-0.15, -0.1) is 0 Å². The molecule has 0 bridgehead atoms. The molecule has 0 amide bonds. The minimum absolute atomic E-state index is 0.254. The Hall–Kier alpha value is -2.40. The third-order valence-electron chi connectivity index (χ3n) is 3.17. The standard InChI is InChI=1S/C16H14N2O2S/c1-12-6-4-11-16(17-12)18-21(19,20)15-10-5-8-13-7-2-3-9-14(13)15/h2-11H,1H3,(H,17,18). The topological polar surface area (TPSA) is 59.1 Å². The van der Waals surface area contributed by atoms with Crippen LogP contribution in [0.25, 0.3) is 10.8 Å². The van der Waals surface area contributed by atoms with Crippen molar-refractivity contribution < 1.29 is 8.42 Å². The summed E-state index contributed by atoms with van der Waals surface area (Å²) in [5.41, 5.74) is 0.758. The molecule has 0 aliphatic rings. The van der Waals surface area contributed by atoms with Crippen molar-refractivity contribution >= 4 is 26.6 Å². The molecule has 0 unspecified atom stereocenters. The molecule has 3 rings (SSSR count). The van der Waals surface area contributed by atoms with Crippen molar-refractivity contribution in [1.29, 1.82) is 0 Å². The Bertz CT molecular complexity index is 900. The van der Waals surface area contributed by atoms with Crippen LogP contribution in [-0.4, -0.2) is 13.4 Å². The van der Waals surface area contributed by atoms with Gasteiger partial charge in [-0.25, -0.2) is 13.4 Å². The number of aryl methyl sites for hydroxylation is 1. The first-order valence-electron chi connectivity index (χ1n) is 6.50. The average molecular weight is 298 g/mol. The fraction of sp³-hybridized carbons (Fsp3) is 0.0625. The molecule has 0 aliphatic carbocycles. The van der Waals surface area contributed by atoms with Crippen LogP contribution in [0.3, 0.4) is 0 Å². The SMILES string of the molecule is Cc1cccc(NS(=O)(=O)c2cccc3ccccc23)n1. The molecule has 106 valence electrons. The van der Waals surface area contributed by atoms with Gasteiger partial charge in [-0.3, -0.25) is 4.72 Å². The average Bonchev–Trinajstić information content (AvgIpc) is 2.46. The van der Waals surface area contributed by atoms with Crippen LogP contribution >= 0.6 is 0 Å². The van der Waals surface area contributed by atoms with Crippen molar-refractivity contribution in [2.75, 3.05) is 4.72 Å². The summed E-state index contributed by atoms with van der Waals surface area (Å²) in [6.07, 6.45) is 0. The molecule has 3 aromatic rings. The third-order valence-corrected chi connectivity index (χ3v) is 4.58. The molecule has 1 N–H and O–H groups in total. The van der Waals surface area contributed by atoms with Gasteiger partial charge >= 0.3 is 0 Å². The van der Waals surface area contributed by atoms with Gasteiger partial charge in [0.15, 0.2) is 0 Å². The number of nitrogens with zero attached hydrogens (tertiary/aromatic N) is 1. The number of rotatable bonds is 3. The molecule has 0 saturated carbocycles. The Morgan fingerprint density at radius 2 is 1.62 bits per heavy atom. The quantitative estimate of drug-likeness (QED) is 0.806. The number of fused-ring (bicyclic) bond motifs is 1. The van der Waals surface area contributed by atoms with Crippen molar-refractivity contribution in [1.82, 2.24) is 4.98 Å². The highest BCUT2D eigenvalue weighted by Gasteiger charge is 2.17. The van der Waals surface area contributed by atoms with E-state index in [2.05, 4.69) is 9.71 Å². The van der Waals surface area contributed by atoms with Crippen LogP contribution in [0.2, 0.25) is 0 Å². The fourth-order valence-electron chi connectivity index (χ4n) is 2.22. The number of pyridine rings is 1. The Balaban J connectivity index is 2.09. The van der Waals surface area contributed by atoms with Gasteiger partial charge < -0.3 is 0 Å². The summed E-state index contributed by atoms with van der Waals surface area (Å²) < 4.78 is 27.7. The van der Waals surface area contributed by atoms with Gasteiger partial charge in [0.25, 0.3) is 10.0 Å². The van der Waals surface area contributed by atoms with Crippen LogP contribution in [0.4, 0.5) is 5.82 Å². The molecule has 0 saturated heterocycles. The first-order chi connectivity index (χ1) is 10.1. The number of sulfonamides is 1. The lowest BCUT2D eigenvalue weighted by Crippen LogP contribution is -2.14. The van der Waals surface area contributed by atoms with Crippen molar-refractivity contribution in [3.05, 3.63) is 66.4 Å². The lowest BCUT2D eigenvalue weighted by molar-refractivity contribution is 0.602. The number of anilines is 1.